The molecule has 0 spiro atoms. The first-order valence-electron chi connectivity index (χ1n) is 6.24. The van der Waals surface area contributed by atoms with Crippen LogP contribution in [0.15, 0.2) is 22.7 Å². The van der Waals surface area contributed by atoms with E-state index in [4.69, 9.17) is 4.52 Å². The van der Waals surface area contributed by atoms with Gasteiger partial charge in [-0.15, -0.1) is 0 Å². The minimum atomic E-state index is -0.920. The molecule has 1 aromatic carbocycles. The highest BCUT2D eigenvalue weighted by atomic mass is 19.2. The summed E-state index contributed by atoms with van der Waals surface area (Å²) < 4.78 is 31.1. The van der Waals surface area contributed by atoms with E-state index in [-0.39, 0.29) is 11.8 Å². The Bertz CT molecular complexity index is 579. The molecule has 1 fully saturated rings. The molecule has 0 radical (unpaired) electrons. The second kappa shape index (κ2) is 5.05. The van der Waals surface area contributed by atoms with Gasteiger partial charge in [-0.2, -0.15) is 4.98 Å². The fraction of sp³-hybridized carbons (Fsp3) is 0.385. The average Bonchev–Trinajstić information content (AvgIpc) is 2.93. The molecule has 0 aliphatic carbocycles. The van der Waals surface area contributed by atoms with E-state index in [1.165, 1.54) is 6.07 Å². The van der Waals surface area contributed by atoms with Crippen molar-refractivity contribution in [3.05, 3.63) is 35.7 Å². The van der Waals surface area contributed by atoms with Gasteiger partial charge in [0.1, 0.15) is 0 Å². The second-order valence-corrected chi connectivity index (χ2v) is 4.63. The molecule has 1 atom stereocenters. The number of piperidine rings is 1. The summed E-state index contributed by atoms with van der Waals surface area (Å²) in [5.41, 5.74) is 0.390. The number of aromatic nitrogens is 2. The number of halogens is 2. The Labute approximate surface area is 108 Å². The van der Waals surface area contributed by atoms with Gasteiger partial charge in [-0.3, -0.25) is 0 Å². The van der Waals surface area contributed by atoms with Gasteiger partial charge in [-0.25, -0.2) is 8.78 Å². The normalized spacial score (nSPS) is 19.6. The number of hydrogen-bond acceptors (Lipinski definition) is 4. The van der Waals surface area contributed by atoms with Gasteiger partial charge in [0.05, 0.1) is 0 Å². The lowest BCUT2D eigenvalue weighted by Gasteiger charge is -2.19. The van der Waals surface area contributed by atoms with Crippen molar-refractivity contribution in [1.82, 2.24) is 15.5 Å². The molecule has 0 bridgehead atoms. The molecule has 0 amide bonds. The molecule has 3 rings (SSSR count). The largest absolute Gasteiger partial charge is 0.334 e. The lowest BCUT2D eigenvalue weighted by Crippen LogP contribution is -2.28. The van der Waals surface area contributed by atoms with Crippen LogP contribution in [0.25, 0.3) is 11.5 Å². The van der Waals surface area contributed by atoms with Crippen LogP contribution in [0.2, 0.25) is 0 Å². The van der Waals surface area contributed by atoms with Crippen molar-refractivity contribution < 1.29 is 13.3 Å². The van der Waals surface area contributed by atoms with Crippen molar-refractivity contribution in [3.63, 3.8) is 0 Å². The van der Waals surface area contributed by atoms with Gasteiger partial charge in [0.25, 0.3) is 5.89 Å². The minimum Gasteiger partial charge on any atom is -0.334 e. The molecule has 100 valence electrons. The molecule has 2 heterocycles. The highest BCUT2D eigenvalue weighted by Gasteiger charge is 2.21. The molecule has 2 aromatic rings. The summed E-state index contributed by atoms with van der Waals surface area (Å²) in [6.45, 7) is 1.82. The maximum absolute atomic E-state index is 13.2. The Morgan fingerprint density at radius 2 is 2.16 bits per heavy atom. The predicted molar refractivity (Wildman–Crippen MR) is 64.5 cm³/mol. The number of nitrogens with one attached hydrogen (secondary N) is 1. The van der Waals surface area contributed by atoms with Crippen LogP contribution in [-0.4, -0.2) is 23.2 Å². The Morgan fingerprint density at radius 3 is 2.89 bits per heavy atom. The minimum absolute atomic E-state index is 0.219. The molecule has 1 unspecified atom stereocenters. The molecule has 1 aromatic heterocycles. The van der Waals surface area contributed by atoms with Gasteiger partial charge < -0.3 is 9.84 Å². The first-order chi connectivity index (χ1) is 9.24. The zero-order valence-corrected chi connectivity index (χ0v) is 10.2. The second-order valence-electron chi connectivity index (χ2n) is 4.63. The lowest BCUT2D eigenvalue weighted by atomic mass is 9.99. The van der Waals surface area contributed by atoms with Crippen LogP contribution in [0.1, 0.15) is 24.6 Å². The molecule has 19 heavy (non-hydrogen) atoms. The SMILES string of the molecule is Fc1ccc(-c2nc(C3CCCNC3)no2)cc1F. The fourth-order valence-corrected chi connectivity index (χ4v) is 2.22. The van der Waals surface area contributed by atoms with E-state index in [1.807, 2.05) is 0 Å². The number of rotatable bonds is 2. The van der Waals surface area contributed by atoms with Crippen LogP contribution in [0.3, 0.4) is 0 Å². The van der Waals surface area contributed by atoms with Crippen molar-refractivity contribution in [2.75, 3.05) is 13.1 Å². The summed E-state index contributed by atoms with van der Waals surface area (Å²) >= 11 is 0. The van der Waals surface area contributed by atoms with E-state index in [2.05, 4.69) is 15.5 Å². The van der Waals surface area contributed by atoms with Gasteiger partial charge in [0.15, 0.2) is 17.5 Å². The smallest absolute Gasteiger partial charge is 0.258 e. The fourth-order valence-electron chi connectivity index (χ4n) is 2.22. The van der Waals surface area contributed by atoms with Gasteiger partial charge >= 0.3 is 0 Å². The number of benzene rings is 1. The maximum Gasteiger partial charge on any atom is 0.258 e. The third-order valence-corrected chi connectivity index (χ3v) is 3.27. The van der Waals surface area contributed by atoms with E-state index in [0.717, 1.165) is 38.1 Å². The van der Waals surface area contributed by atoms with Gasteiger partial charge in [-0.1, -0.05) is 5.16 Å². The number of hydrogen-bond donors (Lipinski definition) is 1. The van der Waals surface area contributed by atoms with Crippen molar-refractivity contribution in [2.24, 2.45) is 0 Å². The Balaban J connectivity index is 1.85. The first-order valence-corrected chi connectivity index (χ1v) is 6.24. The van der Waals surface area contributed by atoms with Crippen molar-refractivity contribution in [1.29, 1.82) is 0 Å². The Morgan fingerprint density at radius 1 is 1.26 bits per heavy atom. The average molecular weight is 265 g/mol. The summed E-state index contributed by atoms with van der Waals surface area (Å²) in [4.78, 5) is 4.27. The predicted octanol–water partition coefficient (Wildman–Crippen LogP) is 2.48. The topological polar surface area (TPSA) is 51.0 Å². The Kier molecular flexibility index (Phi) is 3.25. The maximum atomic E-state index is 13.2. The van der Waals surface area contributed by atoms with Crippen LogP contribution in [0.5, 0.6) is 0 Å². The molecule has 1 saturated heterocycles. The van der Waals surface area contributed by atoms with E-state index >= 15 is 0 Å². The summed E-state index contributed by atoms with van der Waals surface area (Å²) in [6.07, 6.45) is 2.07. The number of nitrogens with zero attached hydrogens (tertiary/aromatic N) is 2. The zero-order chi connectivity index (χ0) is 13.2. The first kappa shape index (κ1) is 12.2. The monoisotopic (exact) mass is 265 g/mol. The molecule has 1 aliphatic heterocycles. The molecule has 6 heteroatoms. The van der Waals surface area contributed by atoms with Crippen LogP contribution < -0.4 is 5.32 Å². The molecule has 1 N–H and O–H groups in total. The summed E-state index contributed by atoms with van der Waals surface area (Å²) in [5, 5.41) is 7.19. The van der Waals surface area contributed by atoms with Crippen molar-refractivity contribution in [2.45, 2.75) is 18.8 Å². The quantitative estimate of drug-likeness (QED) is 0.906. The van der Waals surface area contributed by atoms with Crippen LogP contribution in [-0.2, 0) is 0 Å². The van der Waals surface area contributed by atoms with Crippen molar-refractivity contribution in [3.8, 4) is 11.5 Å². The zero-order valence-electron chi connectivity index (χ0n) is 10.2. The third kappa shape index (κ3) is 2.49. The van der Waals surface area contributed by atoms with E-state index in [9.17, 15) is 8.78 Å². The molecule has 4 nitrogen and oxygen atoms in total. The molecule has 1 aliphatic rings. The van der Waals surface area contributed by atoms with Gasteiger partial charge in [0, 0.05) is 18.0 Å². The summed E-state index contributed by atoms with van der Waals surface area (Å²) in [7, 11) is 0. The standard InChI is InChI=1S/C13H13F2N3O/c14-10-4-3-8(6-11(10)15)13-17-12(18-19-13)9-2-1-5-16-7-9/h3-4,6,9,16H,1-2,5,7H2. The van der Waals surface area contributed by atoms with Gasteiger partial charge in [0.2, 0.25) is 0 Å². The van der Waals surface area contributed by atoms with Gasteiger partial charge in [-0.05, 0) is 37.6 Å². The van der Waals surface area contributed by atoms with E-state index in [0.29, 0.717) is 11.4 Å². The summed E-state index contributed by atoms with van der Waals surface area (Å²) in [6, 6.07) is 3.54. The Hall–Kier alpha value is -1.82. The van der Waals surface area contributed by atoms with E-state index in [1.54, 1.807) is 0 Å². The van der Waals surface area contributed by atoms with Crippen LogP contribution in [0, 0.1) is 11.6 Å². The molecular weight excluding hydrogens is 252 g/mol. The van der Waals surface area contributed by atoms with E-state index < -0.39 is 11.6 Å². The highest BCUT2D eigenvalue weighted by Crippen LogP contribution is 2.25. The molecular formula is C13H13F2N3O. The van der Waals surface area contributed by atoms with Crippen LogP contribution in [0.4, 0.5) is 8.78 Å². The van der Waals surface area contributed by atoms with Crippen molar-refractivity contribution >= 4 is 0 Å². The highest BCUT2D eigenvalue weighted by molar-refractivity contribution is 5.52. The summed E-state index contributed by atoms with van der Waals surface area (Å²) in [5.74, 6) is -0.750. The lowest BCUT2D eigenvalue weighted by molar-refractivity contribution is 0.393. The third-order valence-electron chi connectivity index (χ3n) is 3.27. The molecule has 0 saturated carbocycles. The van der Waals surface area contributed by atoms with Crippen LogP contribution >= 0.6 is 0 Å².